The molecule has 0 unspecified atom stereocenters. The van der Waals surface area contributed by atoms with Crippen LogP contribution in [0.4, 0.5) is 0 Å². The minimum absolute atomic E-state index is 0. The summed E-state index contributed by atoms with van der Waals surface area (Å²) in [5.74, 6) is 3.09. The van der Waals surface area contributed by atoms with Crippen molar-refractivity contribution in [1.82, 2.24) is 19.3 Å². The second kappa shape index (κ2) is 15.3. The smallest absolute Gasteiger partial charge is 0.509 e. The molecule has 3 heterocycles. The Balaban J connectivity index is 0.00000413. The van der Waals surface area contributed by atoms with Crippen molar-refractivity contribution < 1.29 is 25.2 Å². The van der Waals surface area contributed by atoms with E-state index in [1.807, 2.05) is 24.4 Å². The maximum atomic E-state index is 6.65. The fourth-order valence-corrected chi connectivity index (χ4v) is 9.43. The normalized spacial score (nSPS) is 15.5. The van der Waals surface area contributed by atoms with Gasteiger partial charge in [-0.15, -0.1) is 35.7 Å². The number of hydrogen-bond donors (Lipinski definition) is 0. The number of nitrogens with zero attached hydrogens (tertiary/aromatic N) is 4. The number of aromatic nitrogens is 4. The largest absolute Gasteiger partial charge is 2.00 e. The summed E-state index contributed by atoms with van der Waals surface area (Å²) >= 11 is 0. The third-order valence-electron chi connectivity index (χ3n) is 11.7. The first-order valence-corrected chi connectivity index (χ1v) is 19.7. The summed E-state index contributed by atoms with van der Waals surface area (Å²) in [4.78, 5) is 4.75. The summed E-state index contributed by atoms with van der Waals surface area (Å²) in [6, 6.07) is 35.1. The fraction of sp³-hybridized carbons (Fsp3) is 0.333. The molecule has 0 aliphatic heterocycles. The number of aryl methyl sites for hydroxylation is 4. The van der Waals surface area contributed by atoms with Crippen LogP contribution in [-0.4, -0.2) is 19.3 Å². The van der Waals surface area contributed by atoms with E-state index in [1.54, 1.807) is 0 Å². The Morgan fingerprint density at radius 1 is 0.648 bits per heavy atom. The Morgan fingerprint density at radius 2 is 1.35 bits per heavy atom. The van der Waals surface area contributed by atoms with Crippen LogP contribution in [0.1, 0.15) is 110 Å². The van der Waals surface area contributed by atoms with Gasteiger partial charge in [0.1, 0.15) is 5.82 Å². The zero-order valence-electron chi connectivity index (χ0n) is 31.8. The minimum Gasteiger partial charge on any atom is -0.509 e. The van der Waals surface area contributed by atoms with Crippen LogP contribution >= 0.6 is 0 Å². The SMILES string of the molecule is Cc1ccnc(-n2c3[c-]c(Oc4[c-]c(-n5nc(C6CCCCC6)c(-c6c(C)cc(C)cc6C)c5C5CCCCC5)ccc4)ccc3c3ccccc32)c1.[Pd+2]. The van der Waals surface area contributed by atoms with Gasteiger partial charge in [-0.1, -0.05) is 79.9 Å². The van der Waals surface area contributed by atoms with Crippen molar-refractivity contribution in [3.05, 3.63) is 131 Å². The molecule has 2 aliphatic carbocycles. The molecule has 54 heavy (non-hydrogen) atoms. The maximum absolute atomic E-state index is 6.65. The van der Waals surface area contributed by atoms with E-state index in [-0.39, 0.29) is 20.4 Å². The second-order valence-electron chi connectivity index (χ2n) is 15.6. The molecule has 0 bridgehead atoms. The van der Waals surface area contributed by atoms with Gasteiger partial charge in [0.05, 0.1) is 11.4 Å². The summed E-state index contributed by atoms with van der Waals surface area (Å²) in [6.07, 6.45) is 14.4. The van der Waals surface area contributed by atoms with Gasteiger partial charge < -0.3 is 9.30 Å². The quantitative estimate of drug-likeness (QED) is 0.119. The zero-order chi connectivity index (χ0) is 36.1. The third kappa shape index (κ3) is 6.73. The van der Waals surface area contributed by atoms with E-state index in [0.29, 0.717) is 23.3 Å². The van der Waals surface area contributed by atoms with E-state index in [2.05, 4.69) is 110 Å². The predicted octanol–water partition coefficient (Wildman–Crippen LogP) is 12.8. The molecule has 0 atom stereocenters. The van der Waals surface area contributed by atoms with Gasteiger partial charge >= 0.3 is 20.4 Å². The summed E-state index contributed by atoms with van der Waals surface area (Å²) in [7, 11) is 0. The molecule has 0 N–H and O–H groups in total. The predicted molar refractivity (Wildman–Crippen MR) is 216 cm³/mol. The van der Waals surface area contributed by atoms with Crippen molar-refractivity contribution in [1.29, 1.82) is 0 Å². The number of rotatable bonds is 7. The molecule has 4 aromatic carbocycles. The van der Waals surface area contributed by atoms with E-state index in [4.69, 9.17) is 14.8 Å². The van der Waals surface area contributed by atoms with Gasteiger partial charge in [-0.05, 0) is 105 Å². The van der Waals surface area contributed by atoms with E-state index >= 15 is 0 Å². The molecule has 0 radical (unpaired) electrons. The van der Waals surface area contributed by atoms with Crippen molar-refractivity contribution in [2.24, 2.45) is 0 Å². The molecule has 6 heteroatoms. The summed E-state index contributed by atoms with van der Waals surface area (Å²) < 4.78 is 11.1. The van der Waals surface area contributed by atoms with Crippen LogP contribution in [0.3, 0.4) is 0 Å². The second-order valence-corrected chi connectivity index (χ2v) is 15.6. The number of para-hydroxylation sites is 1. The van der Waals surface area contributed by atoms with E-state index < -0.39 is 0 Å². The average molecular weight is 803 g/mol. The Kier molecular flexibility index (Phi) is 10.4. The van der Waals surface area contributed by atoms with Crippen LogP contribution in [0, 0.1) is 39.8 Å². The molecule has 2 aliphatic rings. The topological polar surface area (TPSA) is 44.9 Å². The number of fused-ring (bicyclic) bond motifs is 3. The van der Waals surface area contributed by atoms with Crippen molar-refractivity contribution in [3.8, 4) is 34.1 Å². The number of pyridine rings is 1. The van der Waals surface area contributed by atoms with E-state index in [0.717, 1.165) is 33.5 Å². The summed E-state index contributed by atoms with van der Waals surface area (Å²) in [5, 5.41) is 7.92. The molecule has 5 nitrogen and oxygen atoms in total. The summed E-state index contributed by atoms with van der Waals surface area (Å²) in [6.45, 7) is 8.91. The maximum Gasteiger partial charge on any atom is 2.00 e. The van der Waals surface area contributed by atoms with Crippen LogP contribution in [0.25, 0.3) is 44.4 Å². The molecule has 2 fully saturated rings. The summed E-state index contributed by atoms with van der Waals surface area (Å²) in [5.41, 5.74) is 13.6. The number of ether oxygens (including phenoxy) is 1. The Hall–Kier alpha value is -4.50. The van der Waals surface area contributed by atoms with Crippen LogP contribution in [0.5, 0.6) is 11.5 Å². The molecule has 0 saturated heterocycles. The van der Waals surface area contributed by atoms with Crippen molar-refractivity contribution in [2.75, 3.05) is 0 Å². The van der Waals surface area contributed by atoms with Crippen LogP contribution in [0.2, 0.25) is 0 Å². The Bertz CT molecular complexity index is 2440. The van der Waals surface area contributed by atoms with Gasteiger partial charge in [0.2, 0.25) is 0 Å². The molecular weight excluding hydrogens is 755 g/mol. The average Bonchev–Trinajstić information content (AvgIpc) is 3.72. The molecule has 7 aromatic rings. The number of benzene rings is 4. The minimum atomic E-state index is 0. The van der Waals surface area contributed by atoms with Gasteiger partial charge in [-0.3, -0.25) is 4.68 Å². The number of hydrogen-bond acceptors (Lipinski definition) is 3. The molecule has 3 aromatic heterocycles. The molecular formula is C48H48N4OPd. The molecule has 276 valence electrons. The molecule has 9 rings (SSSR count). The van der Waals surface area contributed by atoms with Crippen molar-refractivity contribution in [2.45, 2.75) is 104 Å². The first kappa shape index (κ1) is 36.5. The molecule has 2 saturated carbocycles. The Morgan fingerprint density at radius 3 is 2.09 bits per heavy atom. The van der Waals surface area contributed by atoms with Crippen LogP contribution in [0.15, 0.2) is 85.1 Å². The van der Waals surface area contributed by atoms with Crippen LogP contribution in [-0.2, 0) is 20.4 Å². The van der Waals surface area contributed by atoms with Crippen molar-refractivity contribution in [3.63, 3.8) is 0 Å². The zero-order valence-corrected chi connectivity index (χ0v) is 33.4. The molecule has 0 spiro atoms. The third-order valence-corrected chi connectivity index (χ3v) is 11.7. The first-order valence-electron chi connectivity index (χ1n) is 19.7. The van der Waals surface area contributed by atoms with Crippen LogP contribution < -0.4 is 4.74 Å². The van der Waals surface area contributed by atoms with E-state index in [1.165, 1.54) is 109 Å². The van der Waals surface area contributed by atoms with Gasteiger partial charge in [0.25, 0.3) is 0 Å². The molecule has 0 amide bonds. The fourth-order valence-electron chi connectivity index (χ4n) is 9.43. The monoisotopic (exact) mass is 802 g/mol. The van der Waals surface area contributed by atoms with Gasteiger partial charge in [-0.2, -0.15) is 17.2 Å². The van der Waals surface area contributed by atoms with Crippen molar-refractivity contribution >= 4 is 21.8 Å². The standard InChI is InChI=1S/C48H48N4O.Pd/c1-31-24-25-49-44(28-31)51-42-21-12-11-20-40(42)41-23-22-39(30-43(41)51)53-38-19-13-18-37(29-38)52-48(36-16-9-6-10-17-36)46(45-33(3)26-32(2)27-34(45)4)47(50-52)35-14-7-5-8-15-35;/h11-13,18-28,35-36H,5-10,14-17H2,1-4H3;/q-2;+2. The van der Waals surface area contributed by atoms with Gasteiger partial charge in [-0.25, -0.2) is 4.98 Å². The van der Waals surface area contributed by atoms with Gasteiger partial charge in [0, 0.05) is 40.6 Å². The Labute approximate surface area is 333 Å². The van der Waals surface area contributed by atoms with Gasteiger partial charge in [0.15, 0.2) is 0 Å². The first-order chi connectivity index (χ1) is 25.9. The van der Waals surface area contributed by atoms with E-state index in [9.17, 15) is 0 Å².